The number of nitrogens with zero attached hydrogens (tertiary/aromatic N) is 4. The fraction of sp³-hybridized carbons (Fsp3) is 0.310. The molecule has 2 atom stereocenters. The van der Waals surface area contributed by atoms with Crippen molar-refractivity contribution in [3.8, 4) is 0 Å². The lowest BCUT2D eigenvalue weighted by molar-refractivity contribution is -0.122. The summed E-state index contributed by atoms with van der Waals surface area (Å²) in [5.41, 5.74) is 3.82. The van der Waals surface area contributed by atoms with Crippen molar-refractivity contribution in [2.24, 2.45) is 5.92 Å². The van der Waals surface area contributed by atoms with Crippen LogP contribution < -0.4 is 10.2 Å². The van der Waals surface area contributed by atoms with Crippen molar-refractivity contribution in [3.05, 3.63) is 95.1 Å². The topological polar surface area (TPSA) is 137 Å². The van der Waals surface area contributed by atoms with Gasteiger partial charge in [-0.25, -0.2) is 0 Å². The maximum absolute atomic E-state index is 13.8. The standard InChI is InChI=1S/C29H31N7O3/c1-18(2)22(16-21(37)14-19-8-4-3-5-9-19)23-12-13-24(31-23)29(39)36-25-11-7-6-10-20(25)15-26(36)28(38)30-17-27-32-34-35-33-27/h3-13,18,22,26,31H,14-17H2,1-2H3,(H,30,38)(H,32,33,34,35)/t22?,26-/m0/s1. The molecule has 0 spiro atoms. The summed E-state index contributed by atoms with van der Waals surface area (Å²) in [5, 5.41) is 16.4. The van der Waals surface area contributed by atoms with Gasteiger partial charge >= 0.3 is 0 Å². The molecule has 0 fully saturated rings. The lowest BCUT2D eigenvalue weighted by Gasteiger charge is -2.24. The fourth-order valence-electron chi connectivity index (χ4n) is 5.12. The number of hydrogen-bond donors (Lipinski definition) is 3. The van der Waals surface area contributed by atoms with Crippen molar-refractivity contribution < 1.29 is 14.4 Å². The Bertz CT molecular complexity index is 1450. The largest absolute Gasteiger partial charge is 0.354 e. The number of rotatable bonds is 10. The molecule has 10 heteroatoms. The van der Waals surface area contributed by atoms with Gasteiger partial charge in [0, 0.05) is 36.6 Å². The van der Waals surface area contributed by atoms with Crippen molar-refractivity contribution in [1.82, 2.24) is 30.9 Å². The van der Waals surface area contributed by atoms with Crippen molar-refractivity contribution in [1.29, 1.82) is 0 Å². The molecular weight excluding hydrogens is 494 g/mol. The molecule has 0 bridgehead atoms. The molecule has 5 rings (SSSR count). The predicted octanol–water partition coefficient (Wildman–Crippen LogP) is 3.36. The highest BCUT2D eigenvalue weighted by Crippen LogP contribution is 2.34. The van der Waals surface area contributed by atoms with E-state index in [9.17, 15) is 14.4 Å². The minimum Gasteiger partial charge on any atom is -0.354 e. The van der Waals surface area contributed by atoms with E-state index in [0.29, 0.717) is 36.5 Å². The summed E-state index contributed by atoms with van der Waals surface area (Å²) in [4.78, 5) is 44.8. The average molecular weight is 526 g/mol. The van der Waals surface area contributed by atoms with Crippen LogP contribution in [0.1, 0.15) is 59.3 Å². The zero-order valence-corrected chi connectivity index (χ0v) is 21.9. The van der Waals surface area contributed by atoms with E-state index in [1.165, 1.54) is 0 Å². The Hall–Kier alpha value is -4.60. The van der Waals surface area contributed by atoms with Gasteiger partial charge in [0.2, 0.25) is 5.91 Å². The summed E-state index contributed by atoms with van der Waals surface area (Å²) < 4.78 is 0. The van der Waals surface area contributed by atoms with Crippen LogP contribution in [0.4, 0.5) is 5.69 Å². The lowest BCUT2D eigenvalue weighted by atomic mass is 9.87. The maximum atomic E-state index is 13.8. The highest BCUT2D eigenvalue weighted by Gasteiger charge is 2.39. The van der Waals surface area contributed by atoms with Crippen LogP contribution in [0.15, 0.2) is 66.7 Å². The van der Waals surface area contributed by atoms with Gasteiger partial charge in [0.05, 0.1) is 6.54 Å². The summed E-state index contributed by atoms with van der Waals surface area (Å²) >= 11 is 0. The Balaban J connectivity index is 1.34. The first-order valence-electron chi connectivity index (χ1n) is 13.1. The minimum atomic E-state index is -0.720. The first-order chi connectivity index (χ1) is 18.9. The summed E-state index contributed by atoms with van der Waals surface area (Å²) in [6, 6.07) is 20.1. The van der Waals surface area contributed by atoms with Crippen LogP contribution >= 0.6 is 0 Å². The molecule has 1 aliphatic rings. The number of aromatic nitrogens is 5. The second kappa shape index (κ2) is 11.4. The van der Waals surface area contributed by atoms with Crippen LogP contribution in [-0.4, -0.2) is 49.2 Å². The molecule has 4 aromatic rings. The number of nitrogens with one attached hydrogen (secondary N) is 3. The highest BCUT2D eigenvalue weighted by molar-refractivity contribution is 6.10. The number of benzene rings is 2. The van der Waals surface area contributed by atoms with Crippen molar-refractivity contribution in [2.75, 3.05) is 4.90 Å². The number of fused-ring (bicyclic) bond motifs is 1. The minimum absolute atomic E-state index is 0.0670. The predicted molar refractivity (Wildman–Crippen MR) is 145 cm³/mol. The third-order valence-electron chi connectivity index (χ3n) is 7.14. The Morgan fingerprint density at radius 1 is 1.03 bits per heavy atom. The van der Waals surface area contributed by atoms with Crippen molar-refractivity contribution >= 4 is 23.3 Å². The van der Waals surface area contributed by atoms with E-state index in [0.717, 1.165) is 16.8 Å². The Labute approximate surface area is 226 Å². The molecule has 2 aromatic heterocycles. The molecular formula is C29H31N7O3. The Morgan fingerprint density at radius 2 is 1.79 bits per heavy atom. The van der Waals surface area contributed by atoms with E-state index in [1.54, 1.807) is 11.0 Å². The van der Waals surface area contributed by atoms with Gasteiger partial charge in [-0.3, -0.25) is 19.3 Å². The fourth-order valence-corrected chi connectivity index (χ4v) is 5.12. The van der Waals surface area contributed by atoms with Crippen LogP contribution in [0.2, 0.25) is 0 Å². The van der Waals surface area contributed by atoms with Gasteiger partial charge in [-0.1, -0.05) is 67.6 Å². The zero-order valence-electron chi connectivity index (χ0n) is 21.9. The molecule has 0 saturated carbocycles. The number of carbonyl (C=O) groups is 3. The molecule has 200 valence electrons. The van der Waals surface area contributed by atoms with Gasteiger partial charge in [-0.05, 0) is 35.2 Å². The number of aromatic amines is 2. The smallest absolute Gasteiger partial charge is 0.275 e. The van der Waals surface area contributed by atoms with Gasteiger partial charge < -0.3 is 10.3 Å². The molecule has 2 aromatic carbocycles. The summed E-state index contributed by atoms with van der Waals surface area (Å²) in [7, 11) is 0. The Morgan fingerprint density at radius 3 is 2.54 bits per heavy atom. The van der Waals surface area contributed by atoms with Crippen LogP contribution in [0.3, 0.4) is 0 Å². The third kappa shape index (κ3) is 5.79. The molecule has 2 amide bonds. The molecule has 1 aliphatic heterocycles. The number of amides is 2. The first kappa shape index (κ1) is 26.0. The quantitative estimate of drug-likeness (QED) is 0.290. The average Bonchev–Trinajstić information content (AvgIpc) is 3.70. The van der Waals surface area contributed by atoms with Crippen LogP contribution in [-0.2, 0) is 29.0 Å². The van der Waals surface area contributed by atoms with E-state index in [1.807, 2.05) is 60.7 Å². The third-order valence-corrected chi connectivity index (χ3v) is 7.14. The summed E-state index contributed by atoms with van der Waals surface area (Å²) in [6.45, 7) is 4.25. The number of carbonyl (C=O) groups excluding carboxylic acids is 3. The number of para-hydroxylation sites is 1. The maximum Gasteiger partial charge on any atom is 0.275 e. The van der Waals surface area contributed by atoms with E-state index < -0.39 is 6.04 Å². The van der Waals surface area contributed by atoms with Gasteiger partial charge in [0.1, 0.15) is 17.5 Å². The zero-order chi connectivity index (χ0) is 27.4. The van der Waals surface area contributed by atoms with Gasteiger partial charge in [-0.2, -0.15) is 5.21 Å². The number of ketones is 1. The summed E-state index contributed by atoms with van der Waals surface area (Å²) in [5.74, 6) is 0.0124. The molecule has 0 aliphatic carbocycles. The normalized spacial score (nSPS) is 15.3. The number of hydrogen-bond acceptors (Lipinski definition) is 6. The monoisotopic (exact) mass is 525 g/mol. The van der Waals surface area contributed by atoms with E-state index >= 15 is 0 Å². The van der Waals surface area contributed by atoms with E-state index in [4.69, 9.17) is 0 Å². The van der Waals surface area contributed by atoms with Gasteiger partial charge in [0.25, 0.3) is 5.91 Å². The molecule has 0 saturated heterocycles. The molecule has 3 N–H and O–H groups in total. The SMILES string of the molecule is CC(C)C(CC(=O)Cc1ccccc1)c1ccc(C(=O)N2c3ccccc3C[C@H]2C(=O)NCc2nn[nH]n2)[nH]1. The van der Waals surface area contributed by atoms with Crippen LogP contribution in [0, 0.1) is 5.92 Å². The molecule has 0 radical (unpaired) electrons. The van der Waals surface area contributed by atoms with Gasteiger partial charge in [0.15, 0.2) is 5.82 Å². The van der Waals surface area contributed by atoms with E-state index in [-0.39, 0.29) is 36.0 Å². The number of Topliss-reactive ketones (excluding diaryl/α,β-unsaturated/α-hetero) is 1. The first-order valence-corrected chi connectivity index (χ1v) is 13.1. The molecule has 3 heterocycles. The number of anilines is 1. The highest BCUT2D eigenvalue weighted by atomic mass is 16.2. The molecule has 39 heavy (non-hydrogen) atoms. The van der Waals surface area contributed by atoms with Crippen molar-refractivity contribution in [3.63, 3.8) is 0 Å². The molecule has 10 nitrogen and oxygen atoms in total. The molecule has 1 unspecified atom stereocenters. The Kier molecular flexibility index (Phi) is 7.62. The van der Waals surface area contributed by atoms with E-state index in [2.05, 4.69) is 44.8 Å². The summed E-state index contributed by atoms with van der Waals surface area (Å²) in [6.07, 6.45) is 1.15. The lowest BCUT2D eigenvalue weighted by Crippen LogP contribution is -2.48. The number of H-pyrrole nitrogens is 2. The second-order valence-electron chi connectivity index (χ2n) is 10.2. The van der Waals surface area contributed by atoms with Crippen molar-refractivity contribution in [2.45, 2.75) is 51.6 Å². The van der Waals surface area contributed by atoms with Crippen LogP contribution in [0.25, 0.3) is 0 Å². The van der Waals surface area contributed by atoms with Crippen LogP contribution in [0.5, 0.6) is 0 Å². The van der Waals surface area contributed by atoms with Gasteiger partial charge in [-0.15, -0.1) is 10.2 Å². The number of tetrazole rings is 1. The second-order valence-corrected chi connectivity index (χ2v) is 10.2.